The summed E-state index contributed by atoms with van der Waals surface area (Å²) in [6, 6.07) is 8.97. The molecular weight excluding hydrogens is 316 g/mol. The summed E-state index contributed by atoms with van der Waals surface area (Å²) in [6.07, 6.45) is 10.3. The lowest BCUT2D eigenvalue weighted by Crippen LogP contribution is -2.08. The number of nitrogens with one attached hydrogen (secondary N) is 1. The average Bonchev–Trinajstić information content (AvgIpc) is 3.06. The zero-order valence-electron chi connectivity index (χ0n) is 13.8. The van der Waals surface area contributed by atoms with Crippen LogP contribution in [-0.4, -0.2) is 25.8 Å². The molecule has 0 saturated carbocycles. The van der Waals surface area contributed by atoms with E-state index in [0.717, 1.165) is 22.3 Å². The van der Waals surface area contributed by atoms with Gasteiger partial charge in [0.25, 0.3) is 0 Å². The van der Waals surface area contributed by atoms with E-state index in [1.165, 1.54) is 6.08 Å². The Labute approximate surface area is 145 Å². The molecule has 2 N–H and O–H groups in total. The highest BCUT2D eigenvalue weighted by Crippen LogP contribution is 2.23. The Morgan fingerprint density at radius 2 is 2.20 bits per heavy atom. The van der Waals surface area contributed by atoms with Crippen molar-refractivity contribution in [3.63, 3.8) is 0 Å². The molecule has 0 atom stereocenters. The number of aryl methyl sites for hydroxylation is 1. The Balaban J connectivity index is 1.76. The van der Waals surface area contributed by atoms with Gasteiger partial charge in [-0.15, -0.1) is 0 Å². The molecule has 0 fully saturated rings. The summed E-state index contributed by atoms with van der Waals surface area (Å²) < 4.78 is 1.73. The number of aliphatic hydroxyl groups excluding tert-OH is 1. The maximum Gasteiger partial charge on any atom is 0.248 e. The zero-order chi connectivity index (χ0) is 17.6. The van der Waals surface area contributed by atoms with E-state index in [9.17, 15) is 4.79 Å². The van der Waals surface area contributed by atoms with Crippen molar-refractivity contribution >= 4 is 17.7 Å². The molecule has 126 valence electrons. The third kappa shape index (κ3) is 4.19. The van der Waals surface area contributed by atoms with Crippen molar-refractivity contribution in [3.05, 3.63) is 72.3 Å². The molecule has 1 amide bonds. The number of nitrogens with zero attached hydrogens (tertiary/aromatic N) is 3. The first kappa shape index (κ1) is 16.6. The molecule has 0 saturated heterocycles. The molecule has 2 aromatic heterocycles. The molecule has 0 bridgehead atoms. The van der Waals surface area contributed by atoms with E-state index >= 15 is 0 Å². The Kier molecular flexibility index (Phi) is 5.01. The maximum atomic E-state index is 12.1. The Hall–Kier alpha value is -3.25. The lowest BCUT2D eigenvalue weighted by molar-refractivity contribution is -0.111. The van der Waals surface area contributed by atoms with Crippen LogP contribution in [0.4, 0.5) is 5.69 Å². The van der Waals surface area contributed by atoms with Gasteiger partial charge in [-0.05, 0) is 35.4 Å². The minimum absolute atomic E-state index is 0.0658. The summed E-state index contributed by atoms with van der Waals surface area (Å²) in [6.45, 7) is -0.0658. The van der Waals surface area contributed by atoms with Gasteiger partial charge in [-0.25, -0.2) is 0 Å². The van der Waals surface area contributed by atoms with E-state index in [0.29, 0.717) is 5.69 Å². The van der Waals surface area contributed by atoms with Crippen molar-refractivity contribution in [1.29, 1.82) is 0 Å². The smallest absolute Gasteiger partial charge is 0.248 e. The second-order valence-corrected chi connectivity index (χ2v) is 5.55. The molecule has 2 heterocycles. The van der Waals surface area contributed by atoms with Crippen molar-refractivity contribution < 1.29 is 9.90 Å². The van der Waals surface area contributed by atoms with Crippen molar-refractivity contribution in [2.45, 2.75) is 6.61 Å². The molecule has 0 aliphatic heterocycles. The quantitative estimate of drug-likeness (QED) is 0.703. The number of hydrogen-bond donors (Lipinski definition) is 2. The normalized spacial score (nSPS) is 11.0. The second-order valence-electron chi connectivity index (χ2n) is 5.55. The molecule has 1 aromatic carbocycles. The predicted molar refractivity (Wildman–Crippen MR) is 96.5 cm³/mol. The fourth-order valence-corrected chi connectivity index (χ4v) is 2.46. The summed E-state index contributed by atoms with van der Waals surface area (Å²) in [4.78, 5) is 16.3. The minimum atomic E-state index is -0.254. The van der Waals surface area contributed by atoms with Gasteiger partial charge in [0.2, 0.25) is 5.91 Å². The van der Waals surface area contributed by atoms with Crippen molar-refractivity contribution in [1.82, 2.24) is 14.8 Å². The van der Waals surface area contributed by atoms with Gasteiger partial charge in [0.15, 0.2) is 0 Å². The third-order valence-electron chi connectivity index (χ3n) is 3.66. The van der Waals surface area contributed by atoms with Crippen LogP contribution in [-0.2, 0) is 18.4 Å². The molecule has 6 heteroatoms. The number of rotatable bonds is 5. The average molecular weight is 334 g/mol. The standard InChI is InChI=1S/C19H18N4O2/c1-23-12-16(11-21-23)18-7-8-20-10-15(18)5-6-19(25)22-17-4-2-3-14(9-17)13-24/h2-12,24H,13H2,1H3,(H,22,25). The summed E-state index contributed by atoms with van der Waals surface area (Å²) in [7, 11) is 1.86. The number of carbonyl (C=O) groups excluding carboxylic acids is 1. The number of carbonyl (C=O) groups is 1. The molecule has 25 heavy (non-hydrogen) atoms. The van der Waals surface area contributed by atoms with E-state index in [4.69, 9.17) is 5.11 Å². The van der Waals surface area contributed by atoms with Crippen LogP contribution in [0.2, 0.25) is 0 Å². The van der Waals surface area contributed by atoms with Crippen LogP contribution in [0, 0.1) is 0 Å². The fourth-order valence-electron chi connectivity index (χ4n) is 2.46. The van der Waals surface area contributed by atoms with Crippen LogP contribution in [0.5, 0.6) is 0 Å². The molecule has 0 radical (unpaired) electrons. The van der Waals surface area contributed by atoms with Crippen LogP contribution in [0.25, 0.3) is 17.2 Å². The maximum absolute atomic E-state index is 12.1. The first-order valence-electron chi connectivity index (χ1n) is 7.77. The molecule has 0 aliphatic rings. The molecule has 0 unspecified atom stereocenters. The number of amides is 1. The molecule has 3 rings (SSSR count). The second kappa shape index (κ2) is 7.55. The Bertz CT molecular complexity index is 915. The highest BCUT2D eigenvalue weighted by atomic mass is 16.3. The summed E-state index contributed by atoms with van der Waals surface area (Å²) in [5.74, 6) is -0.254. The van der Waals surface area contributed by atoms with Crippen LogP contribution >= 0.6 is 0 Å². The molecule has 0 spiro atoms. The highest BCUT2D eigenvalue weighted by molar-refractivity contribution is 6.02. The lowest BCUT2D eigenvalue weighted by atomic mass is 10.0. The predicted octanol–water partition coefficient (Wildman–Crippen LogP) is 2.63. The van der Waals surface area contributed by atoms with Crippen molar-refractivity contribution in [3.8, 4) is 11.1 Å². The van der Waals surface area contributed by atoms with Gasteiger partial charge in [-0.2, -0.15) is 5.10 Å². The number of benzene rings is 1. The molecule has 6 nitrogen and oxygen atoms in total. The van der Waals surface area contributed by atoms with Gasteiger partial charge in [0, 0.05) is 48.5 Å². The van der Waals surface area contributed by atoms with Crippen LogP contribution < -0.4 is 5.32 Å². The molecule has 0 aliphatic carbocycles. The number of pyridine rings is 1. The van der Waals surface area contributed by atoms with E-state index in [2.05, 4.69) is 15.4 Å². The van der Waals surface area contributed by atoms with Gasteiger partial charge in [0.1, 0.15) is 0 Å². The SMILES string of the molecule is Cn1cc(-c2ccncc2C=CC(=O)Nc2cccc(CO)c2)cn1. The summed E-state index contributed by atoms with van der Waals surface area (Å²) in [5, 5.41) is 16.1. The van der Waals surface area contributed by atoms with E-state index < -0.39 is 0 Å². The van der Waals surface area contributed by atoms with Gasteiger partial charge >= 0.3 is 0 Å². The van der Waals surface area contributed by atoms with E-state index in [1.807, 2.05) is 19.3 Å². The van der Waals surface area contributed by atoms with Crippen LogP contribution in [0.15, 0.2) is 61.2 Å². The lowest BCUT2D eigenvalue weighted by Gasteiger charge is -2.05. The zero-order valence-corrected chi connectivity index (χ0v) is 13.8. The molecular formula is C19H18N4O2. The highest BCUT2D eigenvalue weighted by Gasteiger charge is 2.06. The number of aromatic nitrogens is 3. The molecule has 3 aromatic rings. The number of hydrogen-bond acceptors (Lipinski definition) is 4. The monoisotopic (exact) mass is 334 g/mol. The largest absolute Gasteiger partial charge is 0.392 e. The first-order chi connectivity index (χ1) is 12.2. The fraction of sp³-hybridized carbons (Fsp3) is 0.105. The van der Waals surface area contributed by atoms with Gasteiger partial charge in [-0.3, -0.25) is 14.5 Å². The van der Waals surface area contributed by atoms with Gasteiger partial charge in [-0.1, -0.05) is 12.1 Å². The van der Waals surface area contributed by atoms with E-state index in [1.54, 1.807) is 53.6 Å². The first-order valence-corrected chi connectivity index (χ1v) is 7.77. The summed E-state index contributed by atoms with van der Waals surface area (Å²) >= 11 is 0. The van der Waals surface area contributed by atoms with Crippen molar-refractivity contribution in [2.75, 3.05) is 5.32 Å². The Morgan fingerprint density at radius 1 is 1.32 bits per heavy atom. The van der Waals surface area contributed by atoms with Crippen molar-refractivity contribution in [2.24, 2.45) is 7.05 Å². The topological polar surface area (TPSA) is 80.0 Å². The Morgan fingerprint density at radius 3 is 2.96 bits per heavy atom. The number of anilines is 1. The summed E-state index contributed by atoms with van der Waals surface area (Å²) in [5.41, 5.74) is 4.12. The van der Waals surface area contributed by atoms with E-state index in [-0.39, 0.29) is 12.5 Å². The van der Waals surface area contributed by atoms with Crippen LogP contribution in [0.1, 0.15) is 11.1 Å². The van der Waals surface area contributed by atoms with Crippen LogP contribution in [0.3, 0.4) is 0 Å². The number of aliphatic hydroxyl groups is 1. The third-order valence-corrected chi connectivity index (χ3v) is 3.66. The van der Waals surface area contributed by atoms with Gasteiger partial charge in [0.05, 0.1) is 12.8 Å². The minimum Gasteiger partial charge on any atom is -0.392 e. The van der Waals surface area contributed by atoms with Gasteiger partial charge < -0.3 is 10.4 Å².